The number of nitrogens with one attached hydrogen (secondary N) is 2. The molecule has 2 N–H and O–H groups in total. The summed E-state index contributed by atoms with van der Waals surface area (Å²) in [6.07, 6.45) is 1.83. The zero-order chi connectivity index (χ0) is 25.0. The Morgan fingerprint density at radius 1 is 0.750 bits per heavy atom. The number of hydrogen-bond acceptors (Lipinski definition) is 11. The molecule has 3 aromatic rings. The summed E-state index contributed by atoms with van der Waals surface area (Å²) in [6, 6.07) is 13.3. The Kier molecular flexibility index (Phi) is 12.5. The molecule has 0 aliphatic rings. The van der Waals surface area contributed by atoms with Crippen LogP contribution in [-0.2, 0) is 30.3 Å². The van der Waals surface area contributed by atoms with Crippen molar-refractivity contribution in [3.63, 3.8) is 0 Å². The van der Waals surface area contributed by atoms with Crippen LogP contribution in [0.4, 0.5) is 11.6 Å². The van der Waals surface area contributed by atoms with Crippen molar-refractivity contribution in [2.75, 3.05) is 10.0 Å². The second-order valence-corrected chi connectivity index (χ2v) is 11.7. The minimum Gasteiger partial charge on any atom is -0.747 e. The summed E-state index contributed by atoms with van der Waals surface area (Å²) < 4.78 is 97.9. The Hall–Kier alpha value is -1.11. The van der Waals surface area contributed by atoms with Crippen molar-refractivity contribution >= 4 is 41.9 Å². The van der Waals surface area contributed by atoms with Gasteiger partial charge in [0.15, 0.2) is 0 Å². The molecule has 0 radical (unpaired) electrons. The van der Waals surface area contributed by atoms with Crippen LogP contribution in [0, 0.1) is 0 Å². The number of anilines is 2. The van der Waals surface area contributed by atoms with Crippen LogP contribution in [0.5, 0.6) is 0 Å². The molecule has 2 unspecified atom stereocenters. The van der Waals surface area contributed by atoms with Crippen molar-refractivity contribution in [3.05, 3.63) is 78.6 Å². The molecule has 0 saturated heterocycles. The van der Waals surface area contributed by atoms with Crippen LogP contribution < -0.4 is 69.2 Å². The van der Waals surface area contributed by atoms with Gasteiger partial charge in [-0.2, -0.15) is 0 Å². The first kappa shape index (κ1) is 32.9. The van der Waals surface area contributed by atoms with E-state index in [0.29, 0.717) is 0 Å². The molecule has 0 bridgehead atoms. The maximum atomic E-state index is 12.4. The average molecular weight is 573 g/mol. The molecule has 3 rings (SSSR count). The zero-order valence-corrected chi connectivity index (χ0v) is 25.6. The van der Waals surface area contributed by atoms with Crippen LogP contribution in [0.1, 0.15) is 17.2 Å². The van der Waals surface area contributed by atoms with Gasteiger partial charge in [0.25, 0.3) is 10.0 Å². The van der Waals surface area contributed by atoms with Crippen molar-refractivity contribution in [3.8, 4) is 0 Å². The summed E-state index contributed by atoms with van der Waals surface area (Å²) >= 11 is 0. The predicted molar refractivity (Wildman–Crippen MR) is 120 cm³/mol. The molecule has 0 aliphatic carbocycles. The van der Waals surface area contributed by atoms with E-state index in [1.54, 1.807) is 6.07 Å². The van der Waals surface area contributed by atoms with Crippen LogP contribution in [0.2, 0.25) is 0 Å². The maximum Gasteiger partial charge on any atom is 1.00 e. The third-order valence-electron chi connectivity index (χ3n) is 4.58. The summed E-state index contributed by atoms with van der Waals surface area (Å²) in [7, 11) is -14.2. The molecule has 36 heavy (non-hydrogen) atoms. The normalized spacial score (nSPS) is 13.4. The van der Waals surface area contributed by atoms with Gasteiger partial charge in [-0.3, -0.25) is 0 Å². The van der Waals surface area contributed by atoms with E-state index in [9.17, 15) is 34.4 Å². The Bertz CT molecular complexity index is 1440. The van der Waals surface area contributed by atoms with Crippen molar-refractivity contribution in [1.29, 1.82) is 0 Å². The Morgan fingerprint density at radius 2 is 1.31 bits per heavy atom. The summed E-state index contributed by atoms with van der Waals surface area (Å²) in [5, 5.41) is -1.41. The maximum absolute atomic E-state index is 12.4. The number of rotatable bonds is 10. The first-order chi connectivity index (χ1) is 15.9. The molecular weight excluding hydrogens is 554 g/mol. The van der Waals surface area contributed by atoms with Crippen LogP contribution in [0.3, 0.4) is 0 Å². The molecule has 17 heteroatoms. The Morgan fingerprint density at radius 3 is 1.81 bits per heavy atom. The number of benzene rings is 2. The molecule has 0 spiro atoms. The smallest absolute Gasteiger partial charge is 0.747 e. The van der Waals surface area contributed by atoms with Crippen molar-refractivity contribution in [1.82, 2.24) is 9.97 Å². The van der Waals surface area contributed by atoms with Crippen molar-refractivity contribution in [2.45, 2.75) is 21.9 Å². The van der Waals surface area contributed by atoms with Gasteiger partial charge in [0.2, 0.25) is 5.95 Å². The van der Waals surface area contributed by atoms with Gasteiger partial charge in [0.05, 0.1) is 10.1 Å². The van der Waals surface area contributed by atoms with Crippen LogP contribution in [-0.4, -0.2) is 49.7 Å². The quantitative estimate of drug-likeness (QED) is 0.175. The molecule has 0 saturated carbocycles. The van der Waals surface area contributed by atoms with Gasteiger partial charge >= 0.3 is 59.1 Å². The van der Waals surface area contributed by atoms with E-state index in [1.807, 2.05) is 0 Å². The van der Waals surface area contributed by atoms with E-state index in [1.165, 1.54) is 54.9 Å². The molecule has 182 valence electrons. The number of aromatic nitrogens is 2. The predicted octanol–water partition coefficient (Wildman–Crippen LogP) is -4.75. The summed E-state index contributed by atoms with van der Waals surface area (Å²) in [4.78, 5) is 7.30. The molecule has 0 aliphatic heterocycles. The van der Waals surface area contributed by atoms with Gasteiger partial charge in [-0.1, -0.05) is 30.3 Å². The molecule has 2 aromatic carbocycles. The molecule has 0 fully saturated rings. The third-order valence-corrected chi connectivity index (χ3v) is 8.09. The summed E-state index contributed by atoms with van der Waals surface area (Å²) in [5.74, 6) is -0.159. The minimum absolute atomic E-state index is 0. The Labute approximate surface area is 253 Å². The van der Waals surface area contributed by atoms with Crippen molar-refractivity contribution < 1.29 is 93.5 Å². The zero-order valence-electron chi connectivity index (χ0n) is 19.2. The first-order valence-corrected chi connectivity index (χ1v) is 13.9. The standard InChI is InChI=1S/C19H20N4O8S3.2Na/c24-32(25,23-19-20-11-4-12-21-19)16-9-7-15(8-10-16)22-18(34(29,30)31)13-17(33(26,27)28)14-5-2-1-3-6-14;;/h1-12,17-18,22H,13H2,(H,20,21,23)(H,26,27,28)(H,29,30,31);;/q;2*+1/p-2. The van der Waals surface area contributed by atoms with Crippen LogP contribution in [0.25, 0.3) is 0 Å². The van der Waals surface area contributed by atoms with E-state index in [4.69, 9.17) is 0 Å². The van der Waals surface area contributed by atoms with Gasteiger partial charge < -0.3 is 14.4 Å². The van der Waals surface area contributed by atoms with Gasteiger partial charge in [-0.15, -0.1) is 0 Å². The van der Waals surface area contributed by atoms with Gasteiger partial charge in [-0.05, 0) is 35.9 Å². The van der Waals surface area contributed by atoms with Crippen LogP contribution >= 0.6 is 0 Å². The van der Waals surface area contributed by atoms with Gasteiger partial charge in [0.1, 0.15) is 25.6 Å². The molecule has 12 nitrogen and oxygen atoms in total. The largest absolute Gasteiger partial charge is 1.00 e. The third kappa shape index (κ3) is 9.33. The molecular formula is C19H18N4Na2O8S3. The fraction of sp³-hybridized carbons (Fsp3) is 0.158. The number of hydrogen-bond donors (Lipinski definition) is 2. The van der Waals surface area contributed by atoms with Crippen LogP contribution in [0.15, 0.2) is 78.0 Å². The molecule has 1 heterocycles. The van der Waals surface area contributed by atoms with E-state index in [0.717, 1.165) is 12.1 Å². The fourth-order valence-electron chi connectivity index (χ4n) is 2.98. The van der Waals surface area contributed by atoms with E-state index < -0.39 is 47.3 Å². The number of nitrogens with zero attached hydrogens (tertiary/aromatic N) is 2. The minimum atomic E-state index is -5.12. The van der Waals surface area contributed by atoms with E-state index >= 15 is 0 Å². The summed E-state index contributed by atoms with van der Waals surface area (Å²) in [6.45, 7) is 0. The van der Waals surface area contributed by atoms with Crippen molar-refractivity contribution in [2.24, 2.45) is 0 Å². The molecule has 1 aromatic heterocycles. The summed E-state index contributed by atoms with van der Waals surface area (Å²) in [5.41, 5.74) is 0.0399. The van der Waals surface area contributed by atoms with Gasteiger partial charge in [-0.25, -0.2) is 39.9 Å². The van der Waals surface area contributed by atoms with E-state index in [2.05, 4.69) is 20.0 Å². The van der Waals surface area contributed by atoms with E-state index in [-0.39, 0.29) is 81.2 Å². The fourth-order valence-corrected chi connectivity index (χ4v) is 5.69. The molecule has 0 amide bonds. The molecule has 2 atom stereocenters. The second-order valence-electron chi connectivity index (χ2n) is 6.96. The second kappa shape index (κ2) is 13.6. The first-order valence-electron chi connectivity index (χ1n) is 9.47. The average Bonchev–Trinajstić information content (AvgIpc) is 2.76. The SMILES string of the molecule is O=S(=O)(Nc1ncccn1)c1ccc(NC(CC(c2ccccc2)S(=O)(=O)[O-])S(=O)(=O)[O-])cc1.[Na+].[Na+]. The van der Waals surface area contributed by atoms with Gasteiger partial charge in [0, 0.05) is 24.5 Å². The monoisotopic (exact) mass is 572 g/mol. The topological polar surface area (TPSA) is 198 Å². The Balaban J connectivity index is 0.00000324. The number of sulfonamides is 1.